The monoisotopic (exact) mass is 361 g/mol. The molecule has 142 valence electrons. The van der Waals surface area contributed by atoms with Crippen molar-refractivity contribution in [1.29, 1.82) is 0 Å². The van der Waals surface area contributed by atoms with E-state index in [-0.39, 0.29) is 5.91 Å². The summed E-state index contributed by atoms with van der Waals surface area (Å²) in [5, 5.41) is 0. The Hall–Kier alpha value is -1.77. The second-order valence-electron chi connectivity index (χ2n) is 7.12. The standard InChI is InChI=1S/C18H27N5O3/c24-16(22-8-3-18(4-9-22)25-14-15-26-18)2-7-21-10-12-23(13-11-21)17-19-5-1-6-20-17/h1,5-6H,2-4,7-15H2. The van der Waals surface area contributed by atoms with Crippen molar-refractivity contribution >= 4 is 11.9 Å². The van der Waals surface area contributed by atoms with Crippen LogP contribution in [-0.2, 0) is 14.3 Å². The number of piperazine rings is 1. The largest absolute Gasteiger partial charge is 0.347 e. The maximum absolute atomic E-state index is 12.5. The lowest BCUT2D eigenvalue weighted by molar-refractivity contribution is -0.187. The van der Waals surface area contributed by atoms with Gasteiger partial charge in [0, 0.05) is 77.5 Å². The van der Waals surface area contributed by atoms with E-state index in [9.17, 15) is 4.79 Å². The molecule has 4 rings (SSSR count). The van der Waals surface area contributed by atoms with Gasteiger partial charge in [0.1, 0.15) is 0 Å². The highest BCUT2D eigenvalue weighted by Crippen LogP contribution is 2.31. The van der Waals surface area contributed by atoms with E-state index in [1.54, 1.807) is 12.4 Å². The highest BCUT2D eigenvalue weighted by Gasteiger charge is 2.40. The van der Waals surface area contributed by atoms with Gasteiger partial charge in [0.25, 0.3) is 0 Å². The Morgan fingerprint density at radius 3 is 2.31 bits per heavy atom. The molecule has 3 fully saturated rings. The Balaban J connectivity index is 1.17. The van der Waals surface area contributed by atoms with Crippen LogP contribution < -0.4 is 4.90 Å². The fourth-order valence-corrected chi connectivity index (χ4v) is 3.92. The third-order valence-corrected chi connectivity index (χ3v) is 5.54. The maximum Gasteiger partial charge on any atom is 0.225 e. The van der Waals surface area contributed by atoms with Crippen molar-refractivity contribution in [3.63, 3.8) is 0 Å². The number of amides is 1. The highest BCUT2D eigenvalue weighted by atomic mass is 16.7. The SMILES string of the molecule is O=C(CCN1CCN(c2ncccn2)CC1)N1CCC2(CC1)OCCO2. The molecule has 0 radical (unpaired) electrons. The second-order valence-corrected chi connectivity index (χ2v) is 7.12. The van der Waals surface area contributed by atoms with E-state index in [4.69, 9.17) is 9.47 Å². The molecule has 0 aliphatic carbocycles. The minimum atomic E-state index is -0.410. The number of anilines is 1. The predicted octanol–water partition coefficient (Wildman–Crippen LogP) is 0.354. The normalized spacial score (nSPS) is 23.5. The predicted molar refractivity (Wildman–Crippen MR) is 95.8 cm³/mol. The van der Waals surface area contributed by atoms with Crippen molar-refractivity contribution in [1.82, 2.24) is 19.8 Å². The van der Waals surface area contributed by atoms with Gasteiger partial charge in [0.05, 0.1) is 13.2 Å². The lowest BCUT2D eigenvalue weighted by atomic mass is 10.0. The van der Waals surface area contributed by atoms with Gasteiger partial charge < -0.3 is 19.3 Å². The molecule has 8 heteroatoms. The molecule has 0 atom stereocenters. The quantitative estimate of drug-likeness (QED) is 0.766. The molecular weight excluding hydrogens is 334 g/mol. The first-order valence-electron chi connectivity index (χ1n) is 9.54. The third-order valence-electron chi connectivity index (χ3n) is 5.54. The number of hydrogen-bond donors (Lipinski definition) is 0. The number of nitrogens with zero attached hydrogens (tertiary/aromatic N) is 5. The third kappa shape index (κ3) is 3.97. The fourth-order valence-electron chi connectivity index (χ4n) is 3.92. The van der Waals surface area contributed by atoms with E-state index < -0.39 is 5.79 Å². The Morgan fingerprint density at radius 1 is 1.00 bits per heavy atom. The molecule has 26 heavy (non-hydrogen) atoms. The molecule has 0 N–H and O–H groups in total. The Kier molecular flexibility index (Phi) is 5.33. The van der Waals surface area contributed by atoms with Gasteiger partial charge in [-0.15, -0.1) is 0 Å². The van der Waals surface area contributed by atoms with E-state index in [1.807, 2.05) is 11.0 Å². The van der Waals surface area contributed by atoms with E-state index in [0.29, 0.717) is 19.6 Å². The summed E-state index contributed by atoms with van der Waals surface area (Å²) in [5.74, 6) is 0.626. The second kappa shape index (κ2) is 7.85. The number of hydrogen-bond acceptors (Lipinski definition) is 7. The molecule has 8 nitrogen and oxygen atoms in total. The Bertz CT molecular complexity index is 590. The van der Waals surface area contributed by atoms with Crippen LogP contribution in [0.3, 0.4) is 0 Å². The summed E-state index contributed by atoms with van der Waals surface area (Å²) in [5.41, 5.74) is 0. The van der Waals surface area contributed by atoms with Gasteiger partial charge in [-0.2, -0.15) is 0 Å². The van der Waals surface area contributed by atoms with Crippen molar-refractivity contribution < 1.29 is 14.3 Å². The zero-order chi connectivity index (χ0) is 17.8. The van der Waals surface area contributed by atoms with Crippen LogP contribution in [0.15, 0.2) is 18.5 Å². The molecule has 1 amide bonds. The molecule has 3 aliphatic heterocycles. The van der Waals surface area contributed by atoms with Crippen molar-refractivity contribution in [3.05, 3.63) is 18.5 Å². The Labute approximate surface area is 154 Å². The van der Waals surface area contributed by atoms with Gasteiger partial charge >= 0.3 is 0 Å². The first-order chi connectivity index (χ1) is 12.7. The van der Waals surface area contributed by atoms with Crippen LogP contribution in [0, 0.1) is 0 Å². The molecule has 4 heterocycles. The molecule has 0 saturated carbocycles. The van der Waals surface area contributed by atoms with Crippen LogP contribution in [0.1, 0.15) is 19.3 Å². The van der Waals surface area contributed by atoms with Gasteiger partial charge in [-0.3, -0.25) is 9.69 Å². The van der Waals surface area contributed by atoms with Crippen molar-refractivity contribution in [2.75, 3.05) is 63.9 Å². The molecule has 3 saturated heterocycles. The molecular formula is C18H27N5O3. The van der Waals surface area contributed by atoms with Crippen LogP contribution in [0.5, 0.6) is 0 Å². The van der Waals surface area contributed by atoms with Gasteiger partial charge in [-0.1, -0.05) is 0 Å². The van der Waals surface area contributed by atoms with Gasteiger partial charge in [0.2, 0.25) is 11.9 Å². The minimum Gasteiger partial charge on any atom is -0.347 e. The Morgan fingerprint density at radius 2 is 1.65 bits per heavy atom. The molecule has 1 spiro atoms. The number of piperidine rings is 1. The average molecular weight is 361 g/mol. The summed E-state index contributed by atoms with van der Waals surface area (Å²) < 4.78 is 11.5. The maximum atomic E-state index is 12.5. The van der Waals surface area contributed by atoms with E-state index >= 15 is 0 Å². The minimum absolute atomic E-state index is 0.242. The van der Waals surface area contributed by atoms with Crippen LogP contribution in [0.4, 0.5) is 5.95 Å². The zero-order valence-corrected chi connectivity index (χ0v) is 15.2. The first-order valence-corrected chi connectivity index (χ1v) is 9.54. The van der Waals surface area contributed by atoms with Crippen LogP contribution in [0.2, 0.25) is 0 Å². The van der Waals surface area contributed by atoms with Crippen LogP contribution in [0.25, 0.3) is 0 Å². The summed E-state index contributed by atoms with van der Waals surface area (Å²) in [6.07, 6.45) is 5.70. The molecule has 0 unspecified atom stereocenters. The molecule has 1 aromatic heterocycles. The lowest BCUT2D eigenvalue weighted by Crippen LogP contribution is -2.49. The number of aromatic nitrogens is 2. The molecule has 1 aromatic rings. The first kappa shape index (κ1) is 17.6. The molecule has 0 bridgehead atoms. The fraction of sp³-hybridized carbons (Fsp3) is 0.722. The molecule has 0 aromatic carbocycles. The van der Waals surface area contributed by atoms with Crippen LogP contribution >= 0.6 is 0 Å². The van der Waals surface area contributed by atoms with Gasteiger partial charge in [-0.25, -0.2) is 9.97 Å². The van der Waals surface area contributed by atoms with E-state index in [0.717, 1.165) is 64.6 Å². The van der Waals surface area contributed by atoms with Crippen LogP contribution in [-0.4, -0.2) is 90.5 Å². The summed E-state index contributed by atoms with van der Waals surface area (Å²) in [6, 6.07) is 1.83. The van der Waals surface area contributed by atoms with Crippen molar-refractivity contribution in [2.24, 2.45) is 0 Å². The van der Waals surface area contributed by atoms with E-state index in [2.05, 4.69) is 19.8 Å². The lowest BCUT2D eigenvalue weighted by Gasteiger charge is -2.38. The topological polar surface area (TPSA) is 71.0 Å². The smallest absolute Gasteiger partial charge is 0.225 e. The van der Waals surface area contributed by atoms with Gasteiger partial charge in [0.15, 0.2) is 5.79 Å². The number of likely N-dealkylation sites (tertiary alicyclic amines) is 1. The van der Waals surface area contributed by atoms with Crippen molar-refractivity contribution in [2.45, 2.75) is 25.0 Å². The number of carbonyl (C=O) groups is 1. The van der Waals surface area contributed by atoms with Crippen molar-refractivity contribution in [3.8, 4) is 0 Å². The number of carbonyl (C=O) groups excluding carboxylic acids is 1. The number of ether oxygens (including phenoxy) is 2. The zero-order valence-electron chi connectivity index (χ0n) is 15.2. The highest BCUT2D eigenvalue weighted by molar-refractivity contribution is 5.76. The van der Waals surface area contributed by atoms with E-state index in [1.165, 1.54) is 0 Å². The summed E-state index contributed by atoms with van der Waals surface area (Å²) in [4.78, 5) is 27.6. The average Bonchev–Trinajstić information content (AvgIpc) is 3.16. The summed E-state index contributed by atoms with van der Waals surface area (Å²) in [6.45, 7) is 7.32. The summed E-state index contributed by atoms with van der Waals surface area (Å²) >= 11 is 0. The van der Waals surface area contributed by atoms with Gasteiger partial charge in [-0.05, 0) is 6.07 Å². The summed E-state index contributed by atoms with van der Waals surface area (Å²) in [7, 11) is 0. The molecule has 3 aliphatic rings. The number of rotatable bonds is 4.